The lowest BCUT2D eigenvalue weighted by molar-refractivity contribution is -0.131. The van der Waals surface area contributed by atoms with Crippen molar-refractivity contribution in [3.8, 4) is 17.3 Å². The quantitative estimate of drug-likeness (QED) is 0.0342. The van der Waals surface area contributed by atoms with Crippen LogP contribution in [0.25, 0.3) is 11.3 Å². The number of ketones is 2. The number of sulfonamides is 2. The van der Waals surface area contributed by atoms with Crippen molar-refractivity contribution in [1.29, 1.82) is 0 Å². The minimum absolute atomic E-state index is 0.00456. The molecule has 3 atom stereocenters. The monoisotopic (exact) mass is 1560 g/mol. The van der Waals surface area contributed by atoms with Crippen LogP contribution in [0, 0.1) is 37.0 Å². The number of nitrogens with zero attached hydrogens (tertiary/aromatic N) is 7. The van der Waals surface area contributed by atoms with Crippen molar-refractivity contribution in [2.75, 3.05) is 54.5 Å². The first-order valence-electron chi connectivity index (χ1n) is 34.3. The molecule has 3 aromatic carbocycles. The largest absolute Gasteiger partial charge is 0.464 e. The number of ether oxygens (including phenoxy) is 1. The molecular weight excluding hydrogens is 1480 g/mol. The van der Waals surface area contributed by atoms with Crippen LogP contribution in [-0.4, -0.2) is 121 Å². The van der Waals surface area contributed by atoms with Gasteiger partial charge in [0.05, 0.1) is 55.3 Å². The first kappa shape index (κ1) is 79.3. The van der Waals surface area contributed by atoms with Crippen LogP contribution in [0.1, 0.15) is 133 Å². The molecule has 105 heavy (non-hydrogen) atoms. The molecule has 1 aliphatic heterocycles. The second kappa shape index (κ2) is 35.4. The first-order chi connectivity index (χ1) is 50.1. The Kier molecular flexibility index (Phi) is 26.7. The maximum Gasteiger partial charge on any atom is 0.318 e. The lowest BCUT2D eigenvalue weighted by atomic mass is 9.80. The number of carbonyl (C=O) groups is 5. The molecule has 0 spiro atoms. The van der Waals surface area contributed by atoms with E-state index in [0.29, 0.717) is 106 Å². The highest BCUT2D eigenvalue weighted by atomic mass is 35.5. The van der Waals surface area contributed by atoms with Gasteiger partial charge in [0.1, 0.15) is 11.5 Å². The van der Waals surface area contributed by atoms with E-state index in [0.717, 1.165) is 58.5 Å². The summed E-state index contributed by atoms with van der Waals surface area (Å²) in [4.78, 5) is 79.7. The molecule has 2 bridgehead atoms. The first-order valence-corrected chi connectivity index (χ1v) is 41.3. The Morgan fingerprint density at radius 3 is 2.32 bits per heavy atom. The smallest absolute Gasteiger partial charge is 0.318 e. The van der Waals surface area contributed by atoms with Crippen molar-refractivity contribution >= 4 is 124 Å². The molecule has 556 valence electrons. The summed E-state index contributed by atoms with van der Waals surface area (Å²) in [5.41, 5.74) is 10.3. The third-order valence-corrected chi connectivity index (χ3v) is 25.4. The standard InChI is InChI=1S/C20H20F2N2O2S.C20H23NO4S3.C19H19ClN4OS.C16H22N4O3S/c1-2-18(25)24-10-9-13-7-8-15(11-14(13)12-24)23-19(26)16-5-3-4-6-17(16)27-20(21)22;1-20(2)14-7-13(18(20)16(22)8-14)11-28(24,25)21-9-15-3-4-17(27-15)19(23)12-5-6-26-10-12;20-17-6-5-16(26-17)19(25)22-11-12-24-15-4-2-1-3-14(15)18(23-24)13-7-9-21-10-8-13;1-6-23-16-17-10-13(15(18-16)20(4)5)19-24(21,22)14-8-7-11(2)9-12(14)3/h3-8,11,20H,2,9-10,12H2,1H3,(H,23,26);3-6,10,13-14,18,21H,7-9,11H2,1-2H3;5-10H,1-4,11-12H2,(H,22,25);7-10,19H,6H2,1-5H3. The number of hydrogen-bond donors (Lipinski definition) is 4. The Morgan fingerprint density at radius 2 is 1.64 bits per heavy atom. The van der Waals surface area contributed by atoms with Crippen LogP contribution >= 0.6 is 57.4 Å². The summed E-state index contributed by atoms with van der Waals surface area (Å²) in [6, 6.07) is 30.1. The number of aryl methyl sites for hydroxylation is 2. The zero-order chi connectivity index (χ0) is 75.3. The van der Waals surface area contributed by atoms with Gasteiger partial charge in [0.15, 0.2) is 5.82 Å². The topological polar surface area (TPSA) is 274 Å². The van der Waals surface area contributed by atoms with Crippen LogP contribution in [-0.2, 0) is 68.5 Å². The Labute approximate surface area is 632 Å². The average Bonchev–Trinajstić information content (AvgIpc) is 1.59. The molecule has 3 unspecified atom stereocenters. The van der Waals surface area contributed by atoms with Crippen LogP contribution in [0.15, 0.2) is 142 Å². The normalized spacial score (nSPS) is 16.3. The predicted octanol–water partition coefficient (Wildman–Crippen LogP) is 14.6. The lowest BCUT2D eigenvalue weighted by Gasteiger charge is -2.29. The van der Waals surface area contributed by atoms with Crippen molar-refractivity contribution < 1.29 is 54.3 Å². The molecule has 4 aliphatic rings. The number of aromatic nitrogens is 5. The van der Waals surface area contributed by atoms with Gasteiger partial charge in [-0.15, -0.1) is 22.7 Å². The molecule has 3 amide bonds. The fourth-order valence-corrected chi connectivity index (χ4v) is 19.6. The van der Waals surface area contributed by atoms with Gasteiger partial charge in [0.25, 0.3) is 27.6 Å². The predicted molar refractivity (Wildman–Crippen MR) is 411 cm³/mol. The van der Waals surface area contributed by atoms with Crippen molar-refractivity contribution in [2.24, 2.45) is 23.2 Å². The summed E-state index contributed by atoms with van der Waals surface area (Å²) in [5, 5.41) is 14.3. The molecule has 4 N–H and O–H groups in total. The van der Waals surface area contributed by atoms with Crippen molar-refractivity contribution in [3.05, 3.63) is 196 Å². The minimum Gasteiger partial charge on any atom is -0.464 e. The molecule has 2 fully saturated rings. The van der Waals surface area contributed by atoms with Crippen LogP contribution in [0.5, 0.6) is 6.01 Å². The maximum absolute atomic E-state index is 12.7. The second-order valence-corrected chi connectivity index (χ2v) is 34.7. The van der Waals surface area contributed by atoms with E-state index >= 15 is 0 Å². The molecule has 21 nitrogen and oxygen atoms in total. The zero-order valence-corrected chi connectivity index (χ0v) is 65.1. The summed E-state index contributed by atoms with van der Waals surface area (Å²) in [6.45, 7) is 14.5. The molecule has 9 aromatic rings. The van der Waals surface area contributed by atoms with Crippen LogP contribution in [0.3, 0.4) is 0 Å². The lowest BCUT2D eigenvalue weighted by Crippen LogP contribution is -2.35. The fourth-order valence-electron chi connectivity index (χ4n) is 13.7. The van der Waals surface area contributed by atoms with E-state index in [1.54, 1.807) is 99.0 Å². The Balaban J connectivity index is 0.000000150. The number of halogens is 3. The summed E-state index contributed by atoms with van der Waals surface area (Å²) in [5.74, 6) is -2.35. The van der Waals surface area contributed by atoms with E-state index in [4.69, 9.17) is 21.4 Å². The number of hydrogen-bond acceptors (Lipinski definition) is 19. The number of benzene rings is 3. The molecule has 0 saturated heterocycles. The molecule has 3 aliphatic carbocycles. The molecule has 0 radical (unpaired) electrons. The minimum atomic E-state index is -3.74. The van der Waals surface area contributed by atoms with E-state index in [1.807, 2.05) is 66.8 Å². The number of fused-ring (bicyclic) bond motifs is 4. The molecule has 6 aromatic heterocycles. The summed E-state index contributed by atoms with van der Waals surface area (Å²) in [7, 11) is -3.69. The van der Waals surface area contributed by atoms with Crippen LogP contribution < -0.4 is 29.7 Å². The van der Waals surface area contributed by atoms with Gasteiger partial charge < -0.3 is 25.2 Å². The van der Waals surface area contributed by atoms with Crippen molar-refractivity contribution in [1.82, 2.24) is 39.7 Å². The Morgan fingerprint density at radius 1 is 0.876 bits per heavy atom. The van der Waals surface area contributed by atoms with E-state index in [1.165, 1.54) is 76.4 Å². The van der Waals surface area contributed by atoms with E-state index < -0.39 is 31.7 Å². The number of carbonyl (C=O) groups excluding carboxylic acids is 5. The number of Topliss-reactive ketones (excluding diaryl/α,β-unsaturated/α-hetero) is 1. The van der Waals surface area contributed by atoms with Crippen molar-refractivity contribution in [2.45, 2.75) is 128 Å². The second-order valence-electron chi connectivity index (χ2n) is 26.5. The SMILES string of the molecule is CC1(C)C2CC(=O)C1C(CS(=O)(=O)NCc1ccc(C(=O)c3ccsc3)s1)C2.CCC(=O)N1CCc2ccc(NC(=O)c3ccccc3SC(F)F)cc2C1.CCOc1ncc(NS(=O)(=O)c2ccc(C)cc2C)c(N(C)C)n1.O=C(NCCn1nc(-c2ccncc2)c2c1CCCC2)c1ccc(Cl)s1. The highest BCUT2D eigenvalue weighted by molar-refractivity contribution is 7.99. The van der Waals surface area contributed by atoms with Gasteiger partial charge in [-0.05, 0) is 171 Å². The number of alkyl halides is 2. The molecule has 13 rings (SSSR count). The number of thioether (sulfide) groups is 1. The van der Waals surface area contributed by atoms with Gasteiger partial charge in [0.2, 0.25) is 21.7 Å². The van der Waals surface area contributed by atoms with Gasteiger partial charge in [-0.3, -0.25) is 38.4 Å². The number of thiophene rings is 3. The number of amides is 3. The molecular formula is C75H84ClF2N11O10S6. The van der Waals surface area contributed by atoms with Crippen molar-refractivity contribution in [3.63, 3.8) is 0 Å². The van der Waals surface area contributed by atoms with E-state index in [-0.39, 0.29) is 74.3 Å². The third-order valence-electron chi connectivity index (χ3n) is 18.7. The molecule has 7 heterocycles. The van der Waals surface area contributed by atoms with E-state index in [2.05, 4.69) is 53.6 Å². The van der Waals surface area contributed by atoms with Gasteiger partial charge >= 0.3 is 6.01 Å². The van der Waals surface area contributed by atoms with Crippen LogP contribution in [0.4, 0.5) is 26.0 Å². The highest BCUT2D eigenvalue weighted by Crippen LogP contribution is 2.58. The summed E-state index contributed by atoms with van der Waals surface area (Å²) < 4.78 is 89.2. The maximum atomic E-state index is 12.7. The molecule has 30 heteroatoms. The van der Waals surface area contributed by atoms with E-state index in [9.17, 15) is 49.6 Å². The third kappa shape index (κ3) is 20.3. The number of nitrogens with one attached hydrogen (secondary N) is 4. The van der Waals surface area contributed by atoms with Gasteiger partial charge in [-0.1, -0.05) is 80.0 Å². The van der Waals surface area contributed by atoms with Crippen LogP contribution in [0.2, 0.25) is 4.34 Å². The van der Waals surface area contributed by atoms with Gasteiger partial charge in [-0.25, -0.2) is 26.5 Å². The number of anilines is 3. The highest BCUT2D eigenvalue weighted by Gasteiger charge is 2.58. The fraction of sp³-hybridized carbons (Fsp3) is 0.373. The number of pyridine rings is 1. The Hall–Kier alpha value is -8.29. The zero-order valence-electron chi connectivity index (χ0n) is 59.4. The number of rotatable bonds is 23. The molecule has 2 saturated carbocycles. The Bertz CT molecular complexity index is 4820. The average molecular weight is 1570 g/mol. The summed E-state index contributed by atoms with van der Waals surface area (Å²) in [6.07, 6.45) is 12.2. The van der Waals surface area contributed by atoms with Gasteiger partial charge in [-0.2, -0.15) is 30.2 Å². The summed E-state index contributed by atoms with van der Waals surface area (Å²) >= 11 is 10.3. The van der Waals surface area contributed by atoms with Gasteiger partial charge in [0, 0.05) is 115 Å².